The molecule has 0 saturated carbocycles. The monoisotopic (exact) mass is 413 g/mol. The zero-order valence-corrected chi connectivity index (χ0v) is 17.1. The highest BCUT2D eigenvalue weighted by molar-refractivity contribution is 7.21. The van der Waals surface area contributed by atoms with Crippen molar-refractivity contribution >= 4 is 38.8 Å². The SMILES string of the molecule is Cc1nc2sc(C(=O)NCCc3ccc(N4CCNCC4)cc3)c(N)c2cc1F. The predicted octanol–water partition coefficient (Wildman–Crippen LogP) is 2.71. The van der Waals surface area contributed by atoms with Crippen molar-refractivity contribution in [2.24, 2.45) is 0 Å². The van der Waals surface area contributed by atoms with E-state index < -0.39 is 5.82 Å². The molecule has 3 aromatic rings. The van der Waals surface area contributed by atoms with Crippen molar-refractivity contribution in [2.75, 3.05) is 43.4 Å². The van der Waals surface area contributed by atoms with Crippen LogP contribution in [-0.4, -0.2) is 43.6 Å². The number of amides is 1. The van der Waals surface area contributed by atoms with Crippen LogP contribution in [0.15, 0.2) is 30.3 Å². The smallest absolute Gasteiger partial charge is 0.263 e. The first-order chi connectivity index (χ1) is 14.0. The number of piperazine rings is 1. The van der Waals surface area contributed by atoms with E-state index in [1.165, 1.54) is 23.1 Å². The van der Waals surface area contributed by atoms with E-state index in [2.05, 4.69) is 44.8 Å². The minimum atomic E-state index is -0.418. The fraction of sp³-hybridized carbons (Fsp3) is 0.333. The van der Waals surface area contributed by atoms with Gasteiger partial charge in [-0.25, -0.2) is 9.37 Å². The van der Waals surface area contributed by atoms with Gasteiger partial charge in [-0.3, -0.25) is 4.79 Å². The molecular formula is C21H24FN5OS. The van der Waals surface area contributed by atoms with Crippen molar-refractivity contribution in [3.63, 3.8) is 0 Å². The second-order valence-electron chi connectivity index (χ2n) is 7.16. The molecule has 152 valence electrons. The molecule has 1 aromatic carbocycles. The molecule has 0 aliphatic carbocycles. The van der Waals surface area contributed by atoms with Gasteiger partial charge in [0.05, 0.1) is 11.4 Å². The minimum Gasteiger partial charge on any atom is -0.397 e. The molecule has 4 rings (SSSR count). The molecule has 1 amide bonds. The highest BCUT2D eigenvalue weighted by Crippen LogP contribution is 2.33. The summed E-state index contributed by atoms with van der Waals surface area (Å²) in [5.41, 5.74) is 9.04. The zero-order chi connectivity index (χ0) is 20.4. The highest BCUT2D eigenvalue weighted by Gasteiger charge is 2.18. The van der Waals surface area contributed by atoms with Crippen molar-refractivity contribution < 1.29 is 9.18 Å². The van der Waals surface area contributed by atoms with Gasteiger partial charge in [0.2, 0.25) is 0 Å². The van der Waals surface area contributed by atoms with Gasteiger partial charge in [-0.2, -0.15) is 0 Å². The molecule has 1 fully saturated rings. The standard InChI is InChI=1S/C21H24FN5OS/c1-13-17(22)12-16-18(23)19(29-21(16)26-13)20(28)25-7-6-14-2-4-15(5-3-14)27-10-8-24-9-11-27/h2-5,12,24H,6-11,23H2,1H3,(H,25,28). The first-order valence-electron chi connectivity index (χ1n) is 9.71. The molecule has 1 aliphatic heterocycles. The number of halogens is 1. The van der Waals surface area contributed by atoms with E-state index in [1.54, 1.807) is 6.92 Å². The minimum absolute atomic E-state index is 0.249. The van der Waals surface area contributed by atoms with Crippen LogP contribution in [0.5, 0.6) is 0 Å². The molecule has 4 N–H and O–H groups in total. The molecule has 0 spiro atoms. The Kier molecular flexibility index (Phi) is 5.64. The molecule has 0 bridgehead atoms. The van der Waals surface area contributed by atoms with E-state index in [1.807, 2.05) is 0 Å². The fourth-order valence-corrected chi connectivity index (χ4v) is 4.51. The molecule has 1 aliphatic rings. The van der Waals surface area contributed by atoms with Crippen molar-refractivity contribution in [3.05, 3.63) is 52.3 Å². The summed E-state index contributed by atoms with van der Waals surface area (Å²) >= 11 is 1.19. The summed E-state index contributed by atoms with van der Waals surface area (Å²) in [6.07, 6.45) is 0.727. The van der Waals surface area contributed by atoms with Crippen LogP contribution < -0.4 is 21.3 Å². The Labute approximate surface area is 172 Å². The Balaban J connectivity index is 1.36. The lowest BCUT2D eigenvalue weighted by atomic mass is 10.1. The predicted molar refractivity (Wildman–Crippen MR) is 116 cm³/mol. The van der Waals surface area contributed by atoms with Gasteiger partial charge < -0.3 is 21.3 Å². The Morgan fingerprint density at radius 2 is 2.03 bits per heavy atom. The second kappa shape index (κ2) is 8.34. The highest BCUT2D eigenvalue weighted by atomic mass is 32.1. The molecule has 2 aromatic heterocycles. The molecule has 6 nitrogen and oxygen atoms in total. The molecule has 0 radical (unpaired) electrons. The van der Waals surface area contributed by atoms with Crippen LogP contribution in [-0.2, 0) is 6.42 Å². The number of aromatic nitrogens is 1. The molecule has 0 unspecified atom stereocenters. The first-order valence-corrected chi connectivity index (χ1v) is 10.5. The number of nitrogens with one attached hydrogen (secondary N) is 2. The van der Waals surface area contributed by atoms with Crippen molar-refractivity contribution in [1.29, 1.82) is 0 Å². The van der Waals surface area contributed by atoms with Crippen LogP contribution in [0.25, 0.3) is 10.2 Å². The molecule has 3 heterocycles. The lowest BCUT2D eigenvalue weighted by Gasteiger charge is -2.29. The number of anilines is 2. The van der Waals surface area contributed by atoms with Gasteiger partial charge in [-0.15, -0.1) is 11.3 Å². The Bertz CT molecular complexity index is 1030. The Morgan fingerprint density at radius 1 is 1.31 bits per heavy atom. The molecular weight excluding hydrogens is 389 g/mol. The summed E-state index contributed by atoms with van der Waals surface area (Å²) in [4.78, 5) is 20.1. The average molecular weight is 414 g/mol. The van der Waals surface area contributed by atoms with E-state index in [4.69, 9.17) is 5.73 Å². The number of carbonyl (C=O) groups excluding carboxylic acids is 1. The van der Waals surface area contributed by atoms with Gasteiger partial charge >= 0.3 is 0 Å². The van der Waals surface area contributed by atoms with Crippen LogP contribution in [0.4, 0.5) is 15.8 Å². The summed E-state index contributed by atoms with van der Waals surface area (Å²) < 4.78 is 13.8. The van der Waals surface area contributed by atoms with Gasteiger partial charge in [-0.1, -0.05) is 12.1 Å². The van der Waals surface area contributed by atoms with Crippen molar-refractivity contribution in [2.45, 2.75) is 13.3 Å². The maximum Gasteiger partial charge on any atom is 0.263 e. The lowest BCUT2D eigenvalue weighted by Crippen LogP contribution is -2.43. The zero-order valence-electron chi connectivity index (χ0n) is 16.3. The number of rotatable bonds is 5. The molecule has 0 atom stereocenters. The van der Waals surface area contributed by atoms with Gasteiger partial charge in [-0.05, 0) is 37.1 Å². The first kappa shape index (κ1) is 19.6. The number of thiophene rings is 1. The van der Waals surface area contributed by atoms with Crippen LogP contribution in [0.1, 0.15) is 20.9 Å². The number of hydrogen-bond donors (Lipinski definition) is 3. The summed E-state index contributed by atoms with van der Waals surface area (Å²) in [6, 6.07) is 9.82. The third-order valence-corrected chi connectivity index (χ3v) is 6.29. The van der Waals surface area contributed by atoms with Gasteiger partial charge in [0.25, 0.3) is 5.91 Å². The summed E-state index contributed by atoms with van der Waals surface area (Å²) in [6.45, 7) is 6.15. The van der Waals surface area contributed by atoms with Crippen LogP contribution in [0, 0.1) is 12.7 Å². The van der Waals surface area contributed by atoms with Gasteiger partial charge in [0.1, 0.15) is 15.5 Å². The van der Waals surface area contributed by atoms with Crippen molar-refractivity contribution in [1.82, 2.24) is 15.6 Å². The van der Waals surface area contributed by atoms with Crippen LogP contribution >= 0.6 is 11.3 Å². The second-order valence-corrected chi connectivity index (χ2v) is 8.16. The number of nitrogens with two attached hydrogens (primary N) is 1. The number of benzene rings is 1. The number of nitrogens with zero attached hydrogens (tertiary/aromatic N) is 2. The van der Waals surface area contributed by atoms with E-state index in [0.29, 0.717) is 27.3 Å². The molecule has 1 saturated heterocycles. The third kappa shape index (κ3) is 4.18. The number of carbonyl (C=O) groups is 1. The maximum absolute atomic E-state index is 13.8. The van der Waals surface area contributed by atoms with Crippen LogP contribution in [0.3, 0.4) is 0 Å². The summed E-state index contributed by atoms with van der Waals surface area (Å²) in [7, 11) is 0. The Hall–Kier alpha value is -2.71. The fourth-order valence-electron chi connectivity index (χ4n) is 3.47. The van der Waals surface area contributed by atoms with Crippen molar-refractivity contribution in [3.8, 4) is 0 Å². The summed E-state index contributed by atoms with van der Waals surface area (Å²) in [5, 5.41) is 6.75. The Morgan fingerprint density at radius 3 is 2.76 bits per heavy atom. The van der Waals surface area contributed by atoms with Gasteiger partial charge in [0.15, 0.2) is 0 Å². The molecule has 29 heavy (non-hydrogen) atoms. The summed E-state index contributed by atoms with van der Waals surface area (Å²) in [5.74, 6) is -0.667. The van der Waals surface area contributed by atoms with E-state index >= 15 is 0 Å². The number of fused-ring (bicyclic) bond motifs is 1. The number of aryl methyl sites for hydroxylation is 1. The number of hydrogen-bond acceptors (Lipinski definition) is 6. The number of pyridine rings is 1. The average Bonchev–Trinajstić information content (AvgIpc) is 3.05. The topological polar surface area (TPSA) is 83.3 Å². The quantitative estimate of drug-likeness (QED) is 0.599. The maximum atomic E-state index is 13.8. The normalized spacial score (nSPS) is 14.3. The largest absolute Gasteiger partial charge is 0.397 e. The van der Waals surface area contributed by atoms with E-state index in [9.17, 15) is 9.18 Å². The van der Waals surface area contributed by atoms with Gasteiger partial charge in [0, 0.05) is 43.8 Å². The number of nitrogen functional groups attached to an aromatic ring is 1. The lowest BCUT2D eigenvalue weighted by molar-refractivity contribution is 0.0959. The molecule has 8 heteroatoms. The third-order valence-electron chi connectivity index (χ3n) is 5.17. The van der Waals surface area contributed by atoms with E-state index in [-0.39, 0.29) is 11.6 Å². The van der Waals surface area contributed by atoms with Crippen LogP contribution in [0.2, 0.25) is 0 Å². The van der Waals surface area contributed by atoms with E-state index in [0.717, 1.165) is 38.2 Å².